The second kappa shape index (κ2) is 10.1. The highest BCUT2D eigenvalue weighted by Crippen LogP contribution is 2.22. The Hall–Kier alpha value is -2.61. The molecule has 1 aliphatic rings. The molecule has 1 atom stereocenters. The normalized spacial score (nSPS) is 17.6. The maximum Gasteiger partial charge on any atom is 0.218 e. The predicted molar refractivity (Wildman–Crippen MR) is 108 cm³/mol. The van der Waals surface area contributed by atoms with Crippen LogP contribution in [0.2, 0.25) is 0 Å². The van der Waals surface area contributed by atoms with E-state index < -0.39 is 0 Å². The molecule has 3 heterocycles. The van der Waals surface area contributed by atoms with E-state index in [1.807, 2.05) is 31.6 Å². The van der Waals surface area contributed by atoms with E-state index in [0.717, 1.165) is 43.1 Å². The van der Waals surface area contributed by atoms with Gasteiger partial charge in [0.05, 0.1) is 32.5 Å². The Balaban J connectivity index is 1.72. The lowest BCUT2D eigenvalue weighted by Crippen LogP contribution is -2.48. The zero-order valence-electron chi connectivity index (χ0n) is 17.0. The standard InChI is InChI=1S/C20H30N6O2/c1-4-10-28-19-16(7-6-8-22-19)12-23-20(21-5-2)26-9-11-27-18(15-26)17-13-24-25(3)14-17/h6-8,13-14,18H,4-5,9-12,15H2,1-3H3,(H,21,23). The van der Waals surface area contributed by atoms with Gasteiger partial charge in [0.1, 0.15) is 6.10 Å². The van der Waals surface area contributed by atoms with Gasteiger partial charge in [0.2, 0.25) is 5.88 Å². The molecule has 3 rings (SSSR count). The SMILES string of the molecule is CCCOc1ncccc1CN=C(NCC)N1CCOC(c2cnn(C)c2)C1. The topological polar surface area (TPSA) is 76.8 Å². The van der Waals surface area contributed by atoms with Gasteiger partial charge in [-0.1, -0.05) is 13.0 Å². The lowest BCUT2D eigenvalue weighted by atomic mass is 10.1. The number of rotatable bonds is 7. The third kappa shape index (κ3) is 5.22. The van der Waals surface area contributed by atoms with E-state index in [4.69, 9.17) is 14.5 Å². The van der Waals surface area contributed by atoms with Gasteiger partial charge in [-0.05, 0) is 19.4 Å². The van der Waals surface area contributed by atoms with Crippen LogP contribution in [-0.2, 0) is 18.3 Å². The van der Waals surface area contributed by atoms with Crippen molar-refractivity contribution in [3.8, 4) is 5.88 Å². The number of nitrogens with one attached hydrogen (secondary N) is 1. The Morgan fingerprint density at radius 3 is 3.07 bits per heavy atom. The molecule has 0 aromatic carbocycles. The second-order valence-electron chi connectivity index (χ2n) is 6.74. The molecule has 0 amide bonds. The van der Waals surface area contributed by atoms with E-state index in [1.54, 1.807) is 10.9 Å². The van der Waals surface area contributed by atoms with Gasteiger partial charge in [0, 0.05) is 43.7 Å². The molecule has 1 fully saturated rings. The first-order valence-corrected chi connectivity index (χ1v) is 9.91. The summed E-state index contributed by atoms with van der Waals surface area (Å²) in [7, 11) is 1.92. The molecule has 0 spiro atoms. The van der Waals surface area contributed by atoms with Gasteiger partial charge in [-0.3, -0.25) is 4.68 Å². The lowest BCUT2D eigenvalue weighted by molar-refractivity contribution is -0.00805. The van der Waals surface area contributed by atoms with E-state index in [9.17, 15) is 0 Å². The molecule has 1 aliphatic heterocycles. The number of aryl methyl sites for hydroxylation is 1. The number of hydrogen-bond acceptors (Lipinski definition) is 5. The molecule has 0 saturated carbocycles. The Morgan fingerprint density at radius 2 is 2.32 bits per heavy atom. The molecule has 2 aromatic rings. The third-order valence-corrected chi connectivity index (χ3v) is 4.49. The smallest absolute Gasteiger partial charge is 0.218 e. The molecule has 28 heavy (non-hydrogen) atoms. The molecule has 2 aromatic heterocycles. The summed E-state index contributed by atoms with van der Waals surface area (Å²) in [6, 6.07) is 3.94. The quantitative estimate of drug-likeness (QED) is 0.580. The Bertz CT molecular complexity index is 776. The first kappa shape index (κ1) is 20.1. The molecular formula is C20H30N6O2. The van der Waals surface area contributed by atoms with Crippen molar-refractivity contribution in [3.63, 3.8) is 0 Å². The Labute approximate surface area is 166 Å². The molecular weight excluding hydrogens is 356 g/mol. The van der Waals surface area contributed by atoms with Crippen molar-refractivity contribution in [3.05, 3.63) is 41.9 Å². The molecule has 152 valence electrons. The maximum absolute atomic E-state index is 5.95. The van der Waals surface area contributed by atoms with Crippen LogP contribution in [0.15, 0.2) is 35.7 Å². The largest absolute Gasteiger partial charge is 0.477 e. The first-order valence-electron chi connectivity index (χ1n) is 9.91. The average Bonchev–Trinajstić information content (AvgIpc) is 3.16. The third-order valence-electron chi connectivity index (χ3n) is 4.49. The fourth-order valence-corrected chi connectivity index (χ4v) is 3.11. The number of morpholine rings is 1. The summed E-state index contributed by atoms with van der Waals surface area (Å²) in [5.74, 6) is 1.55. The van der Waals surface area contributed by atoms with E-state index >= 15 is 0 Å². The maximum atomic E-state index is 5.95. The van der Waals surface area contributed by atoms with Crippen LogP contribution in [0.4, 0.5) is 0 Å². The molecule has 0 radical (unpaired) electrons. The summed E-state index contributed by atoms with van der Waals surface area (Å²) in [5.41, 5.74) is 2.08. The minimum Gasteiger partial charge on any atom is -0.477 e. The summed E-state index contributed by atoms with van der Waals surface area (Å²) in [6.45, 7) is 8.34. The zero-order valence-corrected chi connectivity index (χ0v) is 17.0. The van der Waals surface area contributed by atoms with Crippen molar-refractivity contribution >= 4 is 5.96 Å². The minimum atomic E-state index is -0.00635. The average molecular weight is 387 g/mol. The highest BCUT2D eigenvalue weighted by atomic mass is 16.5. The van der Waals surface area contributed by atoms with Crippen LogP contribution in [0.3, 0.4) is 0 Å². The lowest BCUT2D eigenvalue weighted by Gasteiger charge is -2.34. The molecule has 1 N–H and O–H groups in total. The van der Waals surface area contributed by atoms with E-state index in [-0.39, 0.29) is 6.10 Å². The van der Waals surface area contributed by atoms with Crippen molar-refractivity contribution in [1.82, 2.24) is 25.0 Å². The molecule has 0 aliphatic carbocycles. The number of pyridine rings is 1. The molecule has 8 nitrogen and oxygen atoms in total. The Kier molecular flexibility index (Phi) is 7.25. The number of hydrogen-bond donors (Lipinski definition) is 1. The van der Waals surface area contributed by atoms with Gasteiger partial charge in [-0.15, -0.1) is 0 Å². The number of ether oxygens (including phenoxy) is 2. The van der Waals surface area contributed by atoms with Crippen molar-refractivity contribution in [1.29, 1.82) is 0 Å². The number of guanidine groups is 1. The van der Waals surface area contributed by atoms with Crippen LogP contribution in [0.25, 0.3) is 0 Å². The van der Waals surface area contributed by atoms with Crippen molar-refractivity contribution in [2.45, 2.75) is 32.9 Å². The summed E-state index contributed by atoms with van der Waals surface area (Å²) in [5, 5.41) is 7.66. The monoisotopic (exact) mass is 386 g/mol. The first-order chi connectivity index (χ1) is 13.7. The van der Waals surface area contributed by atoms with Gasteiger partial charge >= 0.3 is 0 Å². The Morgan fingerprint density at radius 1 is 1.43 bits per heavy atom. The summed E-state index contributed by atoms with van der Waals surface area (Å²) >= 11 is 0. The summed E-state index contributed by atoms with van der Waals surface area (Å²) in [6.07, 6.45) is 6.57. The summed E-state index contributed by atoms with van der Waals surface area (Å²) < 4.78 is 13.5. The van der Waals surface area contributed by atoms with Crippen LogP contribution in [0.1, 0.15) is 37.5 Å². The zero-order chi connectivity index (χ0) is 19.8. The van der Waals surface area contributed by atoms with Gasteiger partial charge in [0.25, 0.3) is 0 Å². The molecule has 0 bridgehead atoms. The van der Waals surface area contributed by atoms with Crippen molar-refractivity contribution < 1.29 is 9.47 Å². The molecule has 1 unspecified atom stereocenters. The predicted octanol–water partition coefficient (Wildman–Crippen LogP) is 2.14. The number of nitrogens with zero attached hydrogens (tertiary/aromatic N) is 5. The minimum absolute atomic E-state index is 0.00635. The van der Waals surface area contributed by atoms with E-state index in [0.29, 0.717) is 25.6 Å². The fourth-order valence-electron chi connectivity index (χ4n) is 3.11. The van der Waals surface area contributed by atoms with Gasteiger partial charge in [-0.2, -0.15) is 5.10 Å². The highest BCUT2D eigenvalue weighted by Gasteiger charge is 2.25. The van der Waals surface area contributed by atoms with Gasteiger partial charge in [-0.25, -0.2) is 9.98 Å². The summed E-state index contributed by atoms with van der Waals surface area (Å²) in [4.78, 5) is 11.4. The molecule has 8 heteroatoms. The van der Waals surface area contributed by atoms with E-state index in [1.165, 1.54) is 0 Å². The number of aliphatic imine (C=N–C) groups is 1. The van der Waals surface area contributed by atoms with Crippen molar-refractivity contribution in [2.24, 2.45) is 12.0 Å². The van der Waals surface area contributed by atoms with E-state index in [2.05, 4.69) is 34.1 Å². The highest BCUT2D eigenvalue weighted by molar-refractivity contribution is 5.80. The molecule has 1 saturated heterocycles. The van der Waals surface area contributed by atoms with Gasteiger partial charge in [0.15, 0.2) is 5.96 Å². The van der Waals surface area contributed by atoms with Crippen LogP contribution in [-0.4, -0.2) is 58.5 Å². The van der Waals surface area contributed by atoms with Gasteiger partial charge < -0.3 is 19.7 Å². The van der Waals surface area contributed by atoms with Crippen LogP contribution < -0.4 is 10.1 Å². The van der Waals surface area contributed by atoms with Crippen LogP contribution in [0.5, 0.6) is 5.88 Å². The second-order valence-corrected chi connectivity index (χ2v) is 6.74. The van der Waals surface area contributed by atoms with Crippen LogP contribution in [0, 0.1) is 0 Å². The number of aromatic nitrogens is 3. The van der Waals surface area contributed by atoms with Crippen molar-refractivity contribution in [2.75, 3.05) is 32.8 Å². The van der Waals surface area contributed by atoms with Crippen LogP contribution >= 0.6 is 0 Å². The fraction of sp³-hybridized carbons (Fsp3) is 0.550.